The Labute approximate surface area is 129 Å². The first kappa shape index (κ1) is 14.3. The summed E-state index contributed by atoms with van der Waals surface area (Å²) in [5.74, 6) is 1.44. The third kappa shape index (κ3) is 2.98. The topological polar surface area (TPSA) is 61.0 Å². The minimum atomic E-state index is -0.00894. The molecule has 5 nitrogen and oxygen atoms in total. The fourth-order valence-corrected chi connectivity index (χ4v) is 2.02. The number of rotatable bonds is 4. The minimum Gasteiger partial charge on any atom is -0.473 e. The third-order valence-corrected chi connectivity index (χ3v) is 3.07. The first-order valence-corrected chi connectivity index (χ1v) is 7.16. The zero-order valence-corrected chi connectivity index (χ0v) is 12.8. The molecule has 2 aromatic heterocycles. The SMILES string of the molecule is Cc1ccc(-c2nnc(-c3ccco3)nc2OC(C)C)cc1. The molecule has 3 rings (SSSR count). The normalized spacial score (nSPS) is 10.9. The van der Waals surface area contributed by atoms with Gasteiger partial charge in [0, 0.05) is 5.56 Å². The van der Waals surface area contributed by atoms with Crippen LogP contribution in [0.2, 0.25) is 0 Å². The van der Waals surface area contributed by atoms with Crippen LogP contribution in [0.3, 0.4) is 0 Å². The molecule has 2 heterocycles. The van der Waals surface area contributed by atoms with E-state index in [2.05, 4.69) is 15.2 Å². The van der Waals surface area contributed by atoms with Crippen LogP contribution in [0.15, 0.2) is 47.1 Å². The van der Waals surface area contributed by atoms with Gasteiger partial charge < -0.3 is 9.15 Å². The van der Waals surface area contributed by atoms with Gasteiger partial charge in [0.1, 0.15) is 0 Å². The van der Waals surface area contributed by atoms with Gasteiger partial charge in [-0.1, -0.05) is 29.8 Å². The average Bonchev–Trinajstić information content (AvgIpc) is 3.02. The van der Waals surface area contributed by atoms with Crippen molar-refractivity contribution in [1.29, 1.82) is 0 Å². The number of aryl methyl sites for hydroxylation is 1. The number of nitrogens with zero attached hydrogens (tertiary/aromatic N) is 3. The van der Waals surface area contributed by atoms with Gasteiger partial charge >= 0.3 is 0 Å². The monoisotopic (exact) mass is 295 g/mol. The van der Waals surface area contributed by atoms with E-state index in [1.54, 1.807) is 18.4 Å². The van der Waals surface area contributed by atoms with Gasteiger partial charge in [0.25, 0.3) is 0 Å². The molecule has 0 aliphatic rings. The van der Waals surface area contributed by atoms with Crippen LogP contribution in [0.5, 0.6) is 5.88 Å². The molecule has 0 fully saturated rings. The Bertz CT molecular complexity index is 750. The van der Waals surface area contributed by atoms with Crippen molar-refractivity contribution in [2.45, 2.75) is 26.9 Å². The highest BCUT2D eigenvalue weighted by atomic mass is 16.5. The summed E-state index contributed by atoms with van der Waals surface area (Å²) in [6, 6.07) is 11.6. The van der Waals surface area contributed by atoms with Gasteiger partial charge in [0.05, 0.1) is 12.4 Å². The van der Waals surface area contributed by atoms with Crippen LogP contribution in [0.4, 0.5) is 0 Å². The van der Waals surface area contributed by atoms with Crippen molar-refractivity contribution in [2.75, 3.05) is 0 Å². The second-order valence-electron chi connectivity index (χ2n) is 5.30. The van der Waals surface area contributed by atoms with Gasteiger partial charge in [0.15, 0.2) is 11.5 Å². The van der Waals surface area contributed by atoms with Gasteiger partial charge in [-0.3, -0.25) is 0 Å². The molecule has 1 aromatic carbocycles. The molecule has 0 saturated heterocycles. The molecule has 112 valence electrons. The van der Waals surface area contributed by atoms with E-state index in [0.29, 0.717) is 23.2 Å². The quantitative estimate of drug-likeness (QED) is 0.730. The van der Waals surface area contributed by atoms with E-state index >= 15 is 0 Å². The molecule has 0 bridgehead atoms. The van der Waals surface area contributed by atoms with E-state index in [-0.39, 0.29) is 6.10 Å². The maximum Gasteiger partial charge on any atom is 0.245 e. The van der Waals surface area contributed by atoms with Crippen LogP contribution in [-0.2, 0) is 0 Å². The fourth-order valence-electron chi connectivity index (χ4n) is 2.02. The van der Waals surface area contributed by atoms with E-state index in [1.807, 2.05) is 45.0 Å². The summed E-state index contributed by atoms with van der Waals surface area (Å²) in [7, 11) is 0. The number of benzene rings is 1. The number of hydrogen-bond acceptors (Lipinski definition) is 5. The van der Waals surface area contributed by atoms with Crippen molar-refractivity contribution in [1.82, 2.24) is 15.2 Å². The Balaban J connectivity index is 2.07. The van der Waals surface area contributed by atoms with Crippen LogP contribution < -0.4 is 4.74 Å². The molecule has 0 saturated carbocycles. The molecule has 0 N–H and O–H groups in total. The van der Waals surface area contributed by atoms with E-state index in [0.717, 1.165) is 5.56 Å². The molecule has 22 heavy (non-hydrogen) atoms. The van der Waals surface area contributed by atoms with E-state index < -0.39 is 0 Å². The molecule has 0 radical (unpaired) electrons. The lowest BCUT2D eigenvalue weighted by Gasteiger charge is -2.12. The lowest BCUT2D eigenvalue weighted by atomic mass is 10.1. The lowest BCUT2D eigenvalue weighted by molar-refractivity contribution is 0.232. The third-order valence-electron chi connectivity index (χ3n) is 3.07. The Morgan fingerprint density at radius 3 is 2.45 bits per heavy atom. The van der Waals surface area contributed by atoms with Crippen molar-refractivity contribution in [3.05, 3.63) is 48.2 Å². The molecule has 5 heteroatoms. The van der Waals surface area contributed by atoms with Gasteiger partial charge in [-0.2, -0.15) is 4.98 Å². The minimum absolute atomic E-state index is 0.00894. The highest BCUT2D eigenvalue weighted by Crippen LogP contribution is 2.28. The molecule has 0 aliphatic carbocycles. The van der Waals surface area contributed by atoms with Gasteiger partial charge in [-0.25, -0.2) is 0 Å². The van der Waals surface area contributed by atoms with Crippen molar-refractivity contribution < 1.29 is 9.15 Å². The number of aromatic nitrogens is 3. The van der Waals surface area contributed by atoms with Gasteiger partial charge in [-0.15, -0.1) is 10.2 Å². The van der Waals surface area contributed by atoms with Crippen LogP contribution in [0.25, 0.3) is 22.8 Å². The maximum absolute atomic E-state index is 5.81. The first-order chi connectivity index (χ1) is 10.6. The summed E-state index contributed by atoms with van der Waals surface area (Å²) in [5, 5.41) is 8.44. The summed E-state index contributed by atoms with van der Waals surface area (Å²) in [5.41, 5.74) is 2.74. The largest absolute Gasteiger partial charge is 0.473 e. The fraction of sp³-hybridized carbons (Fsp3) is 0.235. The van der Waals surface area contributed by atoms with Gasteiger partial charge in [0.2, 0.25) is 11.7 Å². The second kappa shape index (κ2) is 5.97. The second-order valence-corrected chi connectivity index (χ2v) is 5.30. The molecule has 0 unspecified atom stereocenters. The maximum atomic E-state index is 5.81. The molecular formula is C17H17N3O2. The average molecular weight is 295 g/mol. The van der Waals surface area contributed by atoms with Crippen molar-refractivity contribution in [3.8, 4) is 28.7 Å². The summed E-state index contributed by atoms with van der Waals surface area (Å²) in [6.07, 6.45) is 1.57. The zero-order valence-electron chi connectivity index (χ0n) is 12.8. The van der Waals surface area contributed by atoms with Crippen molar-refractivity contribution >= 4 is 0 Å². The highest BCUT2D eigenvalue weighted by Gasteiger charge is 2.16. The Kier molecular flexibility index (Phi) is 3.87. The molecule has 3 aromatic rings. The van der Waals surface area contributed by atoms with Crippen LogP contribution in [-0.4, -0.2) is 21.3 Å². The summed E-state index contributed by atoms with van der Waals surface area (Å²) in [6.45, 7) is 5.94. The Morgan fingerprint density at radius 1 is 1.05 bits per heavy atom. The van der Waals surface area contributed by atoms with E-state index in [4.69, 9.17) is 9.15 Å². The van der Waals surface area contributed by atoms with Crippen molar-refractivity contribution in [2.24, 2.45) is 0 Å². The molecule has 0 atom stereocenters. The van der Waals surface area contributed by atoms with Gasteiger partial charge in [-0.05, 0) is 32.9 Å². The number of hydrogen-bond donors (Lipinski definition) is 0. The Hall–Kier alpha value is -2.69. The van der Waals surface area contributed by atoms with Crippen LogP contribution in [0, 0.1) is 6.92 Å². The number of ether oxygens (including phenoxy) is 1. The van der Waals surface area contributed by atoms with Crippen LogP contribution >= 0.6 is 0 Å². The summed E-state index contributed by atoms with van der Waals surface area (Å²) >= 11 is 0. The number of furan rings is 1. The molecule has 0 amide bonds. The van der Waals surface area contributed by atoms with Crippen LogP contribution in [0.1, 0.15) is 19.4 Å². The summed E-state index contributed by atoms with van der Waals surface area (Å²) in [4.78, 5) is 4.46. The highest BCUT2D eigenvalue weighted by molar-refractivity contribution is 5.65. The van der Waals surface area contributed by atoms with E-state index in [1.165, 1.54) is 5.56 Å². The predicted molar refractivity (Wildman–Crippen MR) is 83.5 cm³/mol. The van der Waals surface area contributed by atoms with Crippen molar-refractivity contribution in [3.63, 3.8) is 0 Å². The molecule has 0 aliphatic heterocycles. The zero-order chi connectivity index (χ0) is 15.5. The first-order valence-electron chi connectivity index (χ1n) is 7.16. The summed E-state index contributed by atoms with van der Waals surface area (Å²) < 4.78 is 11.1. The molecule has 0 spiro atoms. The standard InChI is InChI=1S/C17H17N3O2/c1-11(2)22-17-15(13-8-6-12(3)7-9-13)19-20-16(18-17)14-5-4-10-21-14/h4-11H,1-3H3. The lowest BCUT2D eigenvalue weighted by Crippen LogP contribution is -2.10. The molecular weight excluding hydrogens is 278 g/mol. The smallest absolute Gasteiger partial charge is 0.245 e. The predicted octanol–water partition coefficient (Wildman–Crippen LogP) is 3.89. The van der Waals surface area contributed by atoms with E-state index in [9.17, 15) is 0 Å². The Morgan fingerprint density at radius 2 is 1.82 bits per heavy atom.